The van der Waals surface area contributed by atoms with E-state index in [0.717, 1.165) is 16.3 Å². The Labute approximate surface area is 238 Å². The van der Waals surface area contributed by atoms with Crippen molar-refractivity contribution in [3.8, 4) is 5.75 Å². The SMILES string of the molecule is CCOc1ccccc1N(CC(=O)N(CCc1ccccc1)[C@@H](C)C(=O)N[C@@H](C)CC)S(=O)(=O)c1ccccc1. The third kappa shape index (κ3) is 7.85. The van der Waals surface area contributed by atoms with Crippen molar-refractivity contribution >= 4 is 27.5 Å². The number of para-hydroxylation sites is 2. The lowest BCUT2D eigenvalue weighted by molar-refractivity contribution is -0.139. The number of nitrogens with zero attached hydrogens (tertiary/aromatic N) is 2. The number of benzene rings is 3. The fraction of sp³-hybridized carbons (Fsp3) is 0.355. The lowest BCUT2D eigenvalue weighted by Crippen LogP contribution is -2.53. The van der Waals surface area contributed by atoms with Gasteiger partial charge in [0.05, 0.1) is 17.2 Å². The quantitative estimate of drug-likeness (QED) is 0.307. The van der Waals surface area contributed by atoms with Crippen LogP contribution in [0.1, 0.15) is 39.7 Å². The molecule has 9 heteroatoms. The summed E-state index contributed by atoms with van der Waals surface area (Å²) in [6.45, 7) is 7.41. The lowest BCUT2D eigenvalue weighted by atomic mass is 10.1. The molecule has 0 aromatic heterocycles. The van der Waals surface area contributed by atoms with Gasteiger partial charge in [0.25, 0.3) is 10.0 Å². The molecule has 3 aromatic carbocycles. The second-order valence-corrected chi connectivity index (χ2v) is 11.4. The van der Waals surface area contributed by atoms with Gasteiger partial charge in [-0.05, 0) is 63.4 Å². The first-order chi connectivity index (χ1) is 19.2. The van der Waals surface area contributed by atoms with Crippen LogP contribution in [-0.4, -0.2) is 56.9 Å². The van der Waals surface area contributed by atoms with Gasteiger partial charge >= 0.3 is 0 Å². The Morgan fingerprint density at radius 3 is 2.10 bits per heavy atom. The van der Waals surface area contributed by atoms with E-state index in [9.17, 15) is 18.0 Å². The summed E-state index contributed by atoms with van der Waals surface area (Å²) in [5, 5.41) is 2.95. The third-order valence-electron chi connectivity index (χ3n) is 6.70. The average Bonchev–Trinajstić information content (AvgIpc) is 2.97. The predicted octanol–water partition coefficient (Wildman–Crippen LogP) is 4.66. The summed E-state index contributed by atoms with van der Waals surface area (Å²) in [5.74, 6) is -0.438. The van der Waals surface area contributed by atoms with E-state index in [2.05, 4.69) is 5.32 Å². The summed E-state index contributed by atoms with van der Waals surface area (Å²) in [6, 6.07) is 23.5. The minimum Gasteiger partial charge on any atom is -0.492 e. The number of sulfonamides is 1. The number of amides is 2. The molecule has 1 N–H and O–H groups in total. The topological polar surface area (TPSA) is 96.0 Å². The van der Waals surface area contributed by atoms with E-state index in [1.807, 2.05) is 44.2 Å². The normalized spacial score (nSPS) is 12.7. The molecule has 40 heavy (non-hydrogen) atoms. The van der Waals surface area contributed by atoms with E-state index in [4.69, 9.17) is 4.74 Å². The number of carbonyl (C=O) groups excluding carboxylic acids is 2. The van der Waals surface area contributed by atoms with Crippen molar-refractivity contribution in [3.05, 3.63) is 90.5 Å². The van der Waals surface area contributed by atoms with Gasteiger partial charge in [-0.25, -0.2) is 8.42 Å². The number of anilines is 1. The highest BCUT2D eigenvalue weighted by Gasteiger charge is 2.33. The van der Waals surface area contributed by atoms with Gasteiger partial charge in [-0.2, -0.15) is 0 Å². The van der Waals surface area contributed by atoms with Gasteiger partial charge in [-0.3, -0.25) is 13.9 Å². The molecule has 0 saturated heterocycles. The van der Waals surface area contributed by atoms with Gasteiger partial charge in [0.2, 0.25) is 11.8 Å². The number of hydrogen-bond donors (Lipinski definition) is 1. The molecule has 0 bridgehead atoms. The van der Waals surface area contributed by atoms with Gasteiger partial charge in [-0.1, -0.05) is 67.6 Å². The molecule has 0 aliphatic carbocycles. The van der Waals surface area contributed by atoms with Crippen LogP contribution < -0.4 is 14.4 Å². The predicted molar refractivity (Wildman–Crippen MR) is 158 cm³/mol. The first kappa shape index (κ1) is 30.7. The fourth-order valence-corrected chi connectivity index (χ4v) is 5.66. The van der Waals surface area contributed by atoms with E-state index in [1.54, 1.807) is 56.3 Å². The summed E-state index contributed by atoms with van der Waals surface area (Å²) in [6.07, 6.45) is 1.25. The highest BCUT2D eigenvalue weighted by atomic mass is 32.2. The Morgan fingerprint density at radius 2 is 1.48 bits per heavy atom. The van der Waals surface area contributed by atoms with Crippen LogP contribution >= 0.6 is 0 Å². The van der Waals surface area contributed by atoms with Crippen molar-refractivity contribution < 1.29 is 22.7 Å². The van der Waals surface area contributed by atoms with Gasteiger partial charge in [0.15, 0.2) is 0 Å². The maximum absolute atomic E-state index is 14.0. The molecule has 0 radical (unpaired) electrons. The minimum absolute atomic E-state index is 0.0486. The summed E-state index contributed by atoms with van der Waals surface area (Å²) in [5.41, 5.74) is 1.26. The molecule has 2 atom stereocenters. The van der Waals surface area contributed by atoms with Crippen LogP contribution in [0.15, 0.2) is 89.8 Å². The van der Waals surface area contributed by atoms with Crippen LogP contribution in [0.25, 0.3) is 0 Å². The first-order valence-corrected chi connectivity index (χ1v) is 15.1. The first-order valence-electron chi connectivity index (χ1n) is 13.6. The molecule has 0 spiro atoms. The minimum atomic E-state index is -4.15. The summed E-state index contributed by atoms with van der Waals surface area (Å²) in [7, 11) is -4.15. The van der Waals surface area contributed by atoms with E-state index in [0.29, 0.717) is 18.8 Å². The molecule has 8 nitrogen and oxygen atoms in total. The molecule has 0 heterocycles. The molecule has 2 amide bonds. The standard InChI is InChI=1S/C31H39N3O5S/c1-5-24(3)32-31(36)25(4)33(22-21-26-15-9-7-10-16-26)30(35)23-34(28-19-13-14-20-29(28)39-6-2)40(37,38)27-17-11-8-12-18-27/h7-20,24-25H,5-6,21-23H2,1-4H3,(H,32,36)/t24-,25-/m0/s1. The maximum Gasteiger partial charge on any atom is 0.264 e. The zero-order valence-electron chi connectivity index (χ0n) is 23.6. The zero-order chi connectivity index (χ0) is 29.1. The average molecular weight is 566 g/mol. The Hall–Kier alpha value is -3.85. The van der Waals surface area contributed by atoms with E-state index >= 15 is 0 Å². The summed E-state index contributed by atoms with van der Waals surface area (Å²) in [4.78, 5) is 28.6. The molecule has 0 saturated carbocycles. The van der Waals surface area contributed by atoms with Gasteiger partial charge < -0.3 is 15.0 Å². The lowest BCUT2D eigenvalue weighted by Gasteiger charge is -2.32. The molecule has 214 valence electrons. The number of rotatable bonds is 14. The van der Waals surface area contributed by atoms with E-state index in [1.165, 1.54) is 17.0 Å². The van der Waals surface area contributed by atoms with E-state index in [-0.39, 0.29) is 29.1 Å². The van der Waals surface area contributed by atoms with E-state index < -0.39 is 28.5 Å². The molecule has 0 unspecified atom stereocenters. The Morgan fingerprint density at radius 1 is 0.875 bits per heavy atom. The number of ether oxygens (including phenoxy) is 1. The van der Waals surface area contributed by atoms with Crippen molar-refractivity contribution in [2.24, 2.45) is 0 Å². The fourth-order valence-electron chi connectivity index (χ4n) is 4.21. The van der Waals surface area contributed by atoms with Crippen molar-refractivity contribution in [2.45, 2.75) is 57.5 Å². The zero-order valence-corrected chi connectivity index (χ0v) is 24.4. The van der Waals surface area contributed by atoms with Crippen molar-refractivity contribution in [1.82, 2.24) is 10.2 Å². The summed E-state index contributed by atoms with van der Waals surface area (Å²) >= 11 is 0. The Bertz CT molecular complexity index is 1350. The van der Waals surface area contributed by atoms with Crippen molar-refractivity contribution in [3.63, 3.8) is 0 Å². The maximum atomic E-state index is 14.0. The number of hydrogen-bond acceptors (Lipinski definition) is 5. The number of nitrogens with one attached hydrogen (secondary N) is 1. The molecular formula is C31H39N3O5S. The van der Waals surface area contributed by atoms with Crippen LogP contribution in [0.4, 0.5) is 5.69 Å². The largest absolute Gasteiger partial charge is 0.492 e. The smallest absolute Gasteiger partial charge is 0.264 e. The van der Waals surface area contributed by atoms with Crippen molar-refractivity contribution in [1.29, 1.82) is 0 Å². The highest BCUT2D eigenvalue weighted by Crippen LogP contribution is 2.32. The van der Waals surface area contributed by atoms with Gasteiger partial charge in [0.1, 0.15) is 18.3 Å². The number of carbonyl (C=O) groups is 2. The molecule has 0 aliphatic rings. The Balaban J connectivity index is 2.01. The van der Waals surface area contributed by atoms with Crippen molar-refractivity contribution in [2.75, 3.05) is 24.0 Å². The molecule has 3 aromatic rings. The summed E-state index contributed by atoms with van der Waals surface area (Å²) < 4.78 is 34.7. The highest BCUT2D eigenvalue weighted by molar-refractivity contribution is 7.92. The Kier molecular flexibility index (Phi) is 11.1. The molecular weight excluding hydrogens is 526 g/mol. The molecule has 0 fully saturated rings. The second-order valence-electron chi connectivity index (χ2n) is 9.54. The van der Waals surface area contributed by atoms with Crippen LogP contribution in [0, 0.1) is 0 Å². The van der Waals surface area contributed by atoms with Crippen LogP contribution in [0.5, 0.6) is 5.75 Å². The van der Waals surface area contributed by atoms with Crippen LogP contribution in [0.2, 0.25) is 0 Å². The van der Waals surface area contributed by atoms with Gasteiger partial charge in [0, 0.05) is 12.6 Å². The van der Waals surface area contributed by atoms with Crippen LogP contribution in [0.3, 0.4) is 0 Å². The monoisotopic (exact) mass is 565 g/mol. The third-order valence-corrected chi connectivity index (χ3v) is 8.47. The van der Waals surface area contributed by atoms with Gasteiger partial charge in [-0.15, -0.1) is 0 Å². The second kappa shape index (κ2) is 14.5. The molecule has 0 aliphatic heterocycles. The van der Waals surface area contributed by atoms with Crippen LogP contribution in [-0.2, 0) is 26.0 Å². The molecule has 3 rings (SSSR count).